The van der Waals surface area contributed by atoms with Crippen molar-refractivity contribution < 1.29 is 29.0 Å². The Kier molecular flexibility index (Phi) is 8.83. The second-order valence-electron chi connectivity index (χ2n) is 12.2. The maximum atomic E-state index is 13.7. The van der Waals surface area contributed by atoms with Crippen LogP contribution in [0.25, 0.3) is 0 Å². The van der Waals surface area contributed by atoms with Gasteiger partial charge in [-0.2, -0.15) is 0 Å². The van der Waals surface area contributed by atoms with Gasteiger partial charge in [0.15, 0.2) is 5.78 Å². The van der Waals surface area contributed by atoms with Gasteiger partial charge in [-0.15, -0.1) is 0 Å². The monoisotopic (exact) mass is 479 g/mol. The van der Waals surface area contributed by atoms with Crippen molar-refractivity contribution in [3.63, 3.8) is 0 Å². The van der Waals surface area contributed by atoms with Crippen LogP contribution in [0.5, 0.6) is 0 Å². The Morgan fingerprint density at radius 1 is 1.15 bits per heavy atom. The maximum Gasteiger partial charge on any atom is 0.307 e. The molecular formula is C27H45NO6. The van der Waals surface area contributed by atoms with E-state index in [1.54, 1.807) is 4.90 Å². The van der Waals surface area contributed by atoms with Gasteiger partial charge in [-0.25, -0.2) is 0 Å². The van der Waals surface area contributed by atoms with Crippen molar-refractivity contribution in [1.29, 1.82) is 0 Å². The minimum absolute atomic E-state index is 0.000989. The lowest BCUT2D eigenvalue weighted by molar-refractivity contribution is -0.160. The van der Waals surface area contributed by atoms with E-state index >= 15 is 0 Å². The summed E-state index contributed by atoms with van der Waals surface area (Å²) in [5.41, 5.74) is -0.597. The van der Waals surface area contributed by atoms with Gasteiger partial charge in [-0.3, -0.25) is 14.4 Å². The van der Waals surface area contributed by atoms with Crippen LogP contribution in [0, 0.1) is 29.1 Å². The average molecular weight is 480 g/mol. The molecule has 7 heteroatoms. The molecule has 34 heavy (non-hydrogen) atoms. The summed E-state index contributed by atoms with van der Waals surface area (Å²) in [6.07, 6.45) is 6.21. The molecule has 2 aliphatic heterocycles. The smallest absolute Gasteiger partial charge is 0.307 e. The standard InChI is InChI=1S/C27H45NO6/c1-26(2,3)34-22(31)14-19-17-33-12-10-8-6-7-9-11-18(16-29)13-21(30)24-23-20(27(23,4)5)15-28(24)25(19)32/h18-20,23-24,29H,6-17H2,1-5H3/t18-,19+,20+,23+,24-/m1/s1. The van der Waals surface area contributed by atoms with Crippen LogP contribution in [0.2, 0.25) is 0 Å². The van der Waals surface area contributed by atoms with Crippen LogP contribution < -0.4 is 0 Å². The summed E-state index contributed by atoms with van der Waals surface area (Å²) in [5.74, 6) is -0.828. The Balaban J connectivity index is 1.81. The van der Waals surface area contributed by atoms with Crippen molar-refractivity contribution >= 4 is 17.7 Å². The zero-order valence-corrected chi connectivity index (χ0v) is 21.8. The fraction of sp³-hybridized carbons (Fsp3) is 0.889. The van der Waals surface area contributed by atoms with Crippen molar-refractivity contribution in [2.45, 2.75) is 97.6 Å². The number of rotatable bonds is 3. The molecule has 0 spiro atoms. The third-order valence-corrected chi connectivity index (χ3v) is 7.97. The molecule has 0 radical (unpaired) electrons. The van der Waals surface area contributed by atoms with Gasteiger partial charge in [0.1, 0.15) is 5.60 Å². The first kappa shape index (κ1) is 27.1. The molecule has 0 aromatic rings. The predicted molar refractivity (Wildman–Crippen MR) is 129 cm³/mol. The van der Waals surface area contributed by atoms with Gasteiger partial charge in [-0.05, 0) is 56.8 Å². The lowest BCUT2D eigenvalue weighted by Gasteiger charge is -2.33. The summed E-state index contributed by atoms with van der Waals surface area (Å²) in [5, 5.41) is 9.90. The average Bonchev–Trinajstić information content (AvgIpc) is 3.08. The van der Waals surface area contributed by atoms with Gasteiger partial charge in [0.05, 0.1) is 25.0 Å². The minimum atomic E-state index is -0.660. The molecule has 0 aromatic carbocycles. The van der Waals surface area contributed by atoms with E-state index in [9.17, 15) is 19.5 Å². The summed E-state index contributed by atoms with van der Waals surface area (Å²) in [6.45, 7) is 11.0. The fourth-order valence-corrected chi connectivity index (χ4v) is 5.98. The molecule has 5 atom stereocenters. The largest absolute Gasteiger partial charge is 0.460 e. The van der Waals surface area contributed by atoms with E-state index < -0.39 is 23.5 Å². The zero-order valence-electron chi connectivity index (χ0n) is 21.8. The second kappa shape index (κ2) is 11.1. The van der Waals surface area contributed by atoms with Crippen LogP contribution in [0.15, 0.2) is 0 Å². The molecule has 0 aromatic heterocycles. The van der Waals surface area contributed by atoms with Gasteiger partial charge in [0.25, 0.3) is 0 Å². The van der Waals surface area contributed by atoms with Crippen molar-refractivity contribution in [3.05, 3.63) is 0 Å². The van der Waals surface area contributed by atoms with Crippen LogP contribution in [-0.2, 0) is 23.9 Å². The van der Waals surface area contributed by atoms with Gasteiger partial charge >= 0.3 is 5.97 Å². The zero-order chi connectivity index (χ0) is 25.1. The van der Waals surface area contributed by atoms with E-state index in [0.29, 0.717) is 25.5 Å². The van der Waals surface area contributed by atoms with Gasteiger partial charge < -0.3 is 19.5 Å². The van der Waals surface area contributed by atoms with Crippen LogP contribution in [0.1, 0.15) is 86.0 Å². The summed E-state index contributed by atoms with van der Waals surface area (Å²) in [6, 6.07) is -0.476. The summed E-state index contributed by atoms with van der Waals surface area (Å²) < 4.78 is 11.4. The van der Waals surface area contributed by atoms with E-state index in [-0.39, 0.29) is 48.6 Å². The number of nitrogens with zero attached hydrogens (tertiary/aromatic N) is 1. The highest BCUT2D eigenvalue weighted by atomic mass is 16.6. The number of carbonyl (C=O) groups excluding carboxylic acids is 3. The summed E-state index contributed by atoms with van der Waals surface area (Å²) in [4.78, 5) is 41.6. The number of ether oxygens (including phenoxy) is 2. The molecule has 3 rings (SSSR count). The first-order chi connectivity index (χ1) is 16.0. The van der Waals surface area contributed by atoms with Crippen molar-refractivity contribution in [1.82, 2.24) is 4.90 Å². The number of fused-ring (bicyclic) bond motifs is 3. The Bertz CT molecular complexity index is 742. The van der Waals surface area contributed by atoms with Crippen molar-refractivity contribution in [2.75, 3.05) is 26.4 Å². The number of esters is 1. The molecule has 3 aliphatic rings. The molecule has 1 N–H and O–H groups in total. The van der Waals surface area contributed by atoms with Crippen LogP contribution >= 0.6 is 0 Å². The lowest BCUT2D eigenvalue weighted by atomic mass is 9.89. The number of amides is 1. The third-order valence-electron chi connectivity index (χ3n) is 7.97. The summed E-state index contributed by atoms with van der Waals surface area (Å²) >= 11 is 0. The Morgan fingerprint density at radius 2 is 1.82 bits per heavy atom. The normalized spacial score (nSPS) is 33.2. The maximum absolute atomic E-state index is 13.7. The SMILES string of the molecule is CC(C)(C)OC(=O)C[C@H]1COCCCCCCC[C@@H](CO)CC(=O)[C@@H]2[C@@H]3[C@H](CN2C1=O)C3(C)C. The number of piperidine rings is 1. The minimum Gasteiger partial charge on any atom is -0.460 e. The molecule has 1 saturated carbocycles. The topological polar surface area (TPSA) is 93.1 Å². The molecule has 7 nitrogen and oxygen atoms in total. The van der Waals surface area contributed by atoms with Crippen LogP contribution in [-0.4, -0.2) is 65.7 Å². The predicted octanol–water partition coefficient (Wildman–Crippen LogP) is 3.76. The van der Waals surface area contributed by atoms with Crippen molar-refractivity contribution in [3.8, 4) is 0 Å². The first-order valence-electron chi connectivity index (χ1n) is 13.2. The van der Waals surface area contributed by atoms with E-state index in [1.165, 1.54) is 0 Å². The highest BCUT2D eigenvalue weighted by molar-refractivity contribution is 5.93. The molecule has 194 valence electrons. The molecule has 3 fully saturated rings. The van der Waals surface area contributed by atoms with Crippen LogP contribution in [0.3, 0.4) is 0 Å². The number of hydrogen-bond acceptors (Lipinski definition) is 6. The lowest BCUT2D eigenvalue weighted by Crippen LogP contribution is -2.49. The molecule has 1 aliphatic carbocycles. The highest BCUT2D eigenvalue weighted by Crippen LogP contribution is 2.65. The molecule has 2 saturated heterocycles. The molecule has 0 bridgehead atoms. The number of aliphatic hydroxyl groups excluding tert-OH is 1. The number of hydrogen-bond donors (Lipinski definition) is 1. The van der Waals surface area contributed by atoms with E-state index in [0.717, 1.165) is 38.5 Å². The third kappa shape index (κ3) is 6.60. The number of ketones is 1. The Labute approximate surface area is 204 Å². The number of Topliss-reactive ketones (excluding diaryl/α,β-unsaturated/α-hetero) is 1. The molecule has 2 heterocycles. The Morgan fingerprint density at radius 3 is 2.50 bits per heavy atom. The quantitative estimate of drug-likeness (QED) is 0.620. The van der Waals surface area contributed by atoms with Crippen LogP contribution in [0.4, 0.5) is 0 Å². The van der Waals surface area contributed by atoms with Crippen molar-refractivity contribution in [2.24, 2.45) is 29.1 Å². The number of aliphatic hydroxyl groups is 1. The highest BCUT2D eigenvalue weighted by Gasteiger charge is 2.69. The number of carbonyl (C=O) groups is 3. The van der Waals surface area contributed by atoms with Gasteiger partial charge in [0, 0.05) is 26.2 Å². The molecule has 0 unspecified atom stereocenters. The molecular weight excluding hydrogens is 434 g/mol. The van der Waals surface area contributed by atoms with E-state index in [1.807, 2.05) is 20.8 Å². The summed E-state index contributed by atoms with van der Waals surface area (Å²) in [7, 11) is 0. The fourth-order valence-electron chi connectivity index (χ4n) is 5.98. The van der Waals surface area contributed by atoms with Gasteiger partial charge in [0.2, 0.25) is 5.91 Å². The first-order valence-corrected chi connectivity index (χ1v) is 13.2. The second-order valence-corrected chi connectivity index (χ2v) is 12.2. The van der Waals surface area contributed by atoms with E-state index in [2.05, 4.69) is 13.8 Å². The molecule has 1 amide bonds. The van der Waals surface area contributed by atoms with E-state index in [4.69, 9.17) is 9.47 Å². The van der Waals surface area contributed by atoms with Gasteiger partial charge in [-0.1, -0.05) is 39.5 Å². The Hall–Kier alpha value is -1.47.